The van der Waals surface area contributed by atoms with Gasteiger partial charge in [0.25, 0.3) is 11.4 Å². The van der Waals surface area contributed by atoms with E-state index in [2.05, 4.69) is 15.9 Å². The summed E-state index contributed by atoms with van der Waals surface area (Å²) in [6.07, 6.45) is 0. The zero-order valence-corrected chi connectivity index (χ0v) is 12.1. The van der Waals surface area contributed by atoms with Crippen LogP contribution in [0.4, 0.5) is 11.4 Å². The number of hydrogen-bond donors (Lipinski definition) is 0. The Hall–Kier alpha value is -2.48. The summed E-state index contributed by atoms with van der Waals surface area (Å²) in [4.78, 5) is 20.5. The minimum atomic E-state index is -0.518. The van der Waals surface area contributed by atoms with Gasteiger partial charge in [0, 0.05) is 17.7 Å². The van der Waals surface area contributed by atoms with Crippen LogP contribution in [0.3, 0.4) is 0 Å². The molecule has 2 aromatic rings. The fraction of sp³-hybridized carbons (Fsp3) is 0.0769. The van der Waals surface area contributed by atoms with Gasteiger partial charge in [0.1, 0.15) is 16.8 Å². The summed E-state index contributed by atoms with van der Waals surface area (Å²) < 4.78 is 5.78. The van der Waals surface area contributed by atoms with Crippen molar-refractivity contribution in [3.05, 3.63) is 72.7 Å². The number of nitrogens with zero attached hydrogens (tertiary/aromatic N) is 2. The van der Waals surface area contributed by atoms with E-state index < -0.39 is 9.85 Å². The first kappa shape index (κ1) is 14.9. The lowest BCUT2D eigenvalue weighted by molar-refractivity contribution is -0.385. The van der Waals surface area contributed by atoms with E-state index in [-0.39, 0.29) is 18.0 Å². The molecule has 0 spiro atoms. The summed E-state index contributed by atoms with van der Waals surface area (Å²) in [5, 5.41) is 21.5. The molecule has 0 amide bonds. The number of nitro benzene ring substituents is 2. The van der Waals surface area contributed by atoms with Gasteiger partial charge in [-0.3, -0.25) is 20.2 Å². The molecule has 0 radical (unpaired) electrons. The Balaban J connectivity index is 2.17. The van der Waals surface area contributed by atoms with Gasteiger partial charge < -0.3 is 4.74 Å². The number of ether oxygens (including phenoxy) is 1. The van der Waals surface area contributed by atoms with Gasteiger partial charge in [-0.15, -0.1) is 0 Å². The topological polar surface area (TPSA) is 95.5 Å². The molecule has 0 atom stereocenters. The van der Waals surface area contributed by atoms with Crippen LogP contribution in [-0.2, 0) is 6.61 Å². The van der Waals surface area contributed by atoms with Crippen LogP contribution in [0.1, 0.15) is 5.56 Å². The summed E-state index contributed by atoms with van der Waals surface area (Å²) in [5.74, 6) is 0.322. The molecule has 7 nitrogen and oxygen atoms in total. The minimum absolute atomic E-state index is 0.0590. The molecule has 0 aliphatic rings. The van der Waals surface area contributed by atoms with Crippen molar-refractivity contribution in [1.82, 2.24) is 0 Å². The van der Waals surface area contributed by atoms with E-state index in [0.717, 1.165) is 0 Å². The van der Waals surface area contributed by atoms with E-state index in [0.29, 0.717) is 15.8 Å². The molecule has 0 fully saturated rings. The number of hydrogen-bond acceptors (Lipinski definition) is 5. The van der Waals surface area contributed by atoms with E-state index >= 15 is 0 Å². The molecular weight excluding hydrogens is 344 g/mol. The van der Waals surface area contributed by atoms with Crippen molar-refractivity contribution in [3.8, 4) is 5.75 Å². The van der Waals surface area contributed by atoms with Crippen LogP contribution in [0.15, 0.2) is 46.9 Å². The number of halogens is 1. The van der Waals surface area contributed by atoms with E-state index in [1.165, 1.54) is 24.3 Å². The fourth-order valence-corrected chi connectivity index (χ4v) is 2.19. The third-order valence-electron chi connectivity index (χ3n) is 2.68. The monoisotopic (exact) mass is 352 g/mol. The highest BCUT2D eigenvalue weighted by Crippen LogP contribution is 2.29. The van der Waals surface area contributed by atoms with Crippen molar-refractivity contribution in [2.75, 3.05) is 0 Å². The summed E-state index contributed by atoms with van der Waals surface area (Å²) in [6.45, 7) is 0.0590. The first-order valence-corrected chi connectivity index (χ1v) is 6.57. The Morgan fingerprint density at radius 3 is 2.43 bits per heavy atom. The van der Waals surface area contributed by atoms with Crippen molar-refractivity contribution in [1.29, 1.82) is 0 Å². The van der Waals surface area contributed by atoms with Crippen LogP contribution in [0, 0.1) is 20.2 Å². The molecule has 8 heteroatoms. The molecule has 0 heterocycles. The number of nitro groups is 2. The second-order valence-electron chi connectivity index (χ2n) is 4.05. The van der Waals surface area contributed by atoms with Gasteiger partial charge in [-0.1, -0.05) is 18.2 Å². The van der Waals surface area contributed by atoms with E-state index in [1.807, 2.05) is 0 Å². The van der Waals surface area contributed by atoms with Crippen LogP contribution >= 0.6 is 15.9 Å². The number of benzene rings is 2. The Labute approximate surface area is 127 Å². The zero-order chi connectivity index (χ0) is 15.4. The maximum Gasteiger partial charge on any atom is 0.283 e. The summed E-state index contributed by atoms with van der Waals surface area (Å²) >= 11 is 3.16. The SMILES string of the molecule is O=[N+]([O-])c1cccc(OCc2cccc([N+](=O)[O-])c2Br)c1. The van der Waals surface area contributed by atoms with Crippen LogP contribution in [0.2, 0.25) is 0 Å². The van der Waals surface area contributed by atoms with Crippen LogP contribution < -0.4 is 4.74 Å². The quantitative estimate of drug-likeness (QED) is 0.601. The standard InChI is InChI=1S/C13H9BrN2O5/c14-13-9(3-1-6-12(13)16(19)20)8-21-11-5-2-4-10(7-11)15(17)18/h1-7H,8H2. The van der Waals surface area contributed by atoms with Crippen LogP contribution in [-0.4, -0.2) is 9.85 Å². The van der Waals surface area contributed by atoms with Crippen molar-refractivity contribution in [2.45, 2.75) is 6.61 Å². The highest BCUT2D eigenvalue weighted by molar-refractivity contribution is 9.10. The van der Waals surface area contributed by atoms with Gasteiger partial charge in [-0.2, -0.15) is 0 Å². The summed E-state index contributed by atoms with van der Waals surface area (Å²) in [6, 6.07) is 10.3. The Morgan fingerprint density at radius 2 is 1.76 bits per heavy atom. The molecule has 2 rings (SSSR count). The molecule has 2 aromatic carbocycles. The lowest BCUT2D eigenvalue weighted by Crippen LogP contribution is -1.99. The minimum Gasteiger partial charge on any atom is -0.489 e. The Kier molecular flexibility index (Phi) is 4.49. The van der Waals surface area contributed by atoms with Gasteiger partial charge in [0.2, 0.25) is 0 Å². The molecular formula is C13H9BrN2O5. The molecule has 0 saturated heterocycles. The normalized spacial score (nSPS) is 10.1. The van der Waals surface area contributed by atoms with E-state index in [4.69, 9.17) is 4.74 Å². The molecule has 0 unspecified atom stereocenters. The number of non-ortho nitro benzene ring substituents is 1. The fourth-order valence-electron chi connectivity index (χ4n) is 1.67. The molecule has 0 aromatic heterocycles. The Bertz CT molecular complexity index is 705. The van der Waals surface area contributed by atoms with Gasteiger partial charge in [0.05, 0.1) is 15.9 Å². The highest BCUT2D eigenvalue weighted by Gasteiger charge is 2.15. The third kappa shape index (κ3) is 3.54. The van der Waals surface area contributed by atoms with E-state index in [9.17, 15) is 20.2 Å². The van der Waals surface area contributed by atoms with Gasteiger partial charge in [-0.25, -0.2) is 0 Å². The van der Waals surface area contributed by atoms with Gasteiger partial charge in [-0.05, 0) is 22.0 Å². The maximum absolute atomic E-state index is 10.8. The van der Waals surface area contributed by atoms with Crippen LogP contribution in [0.5, 0.6) is 5.75 Å². The molecule has 0 aliphatic carbocycles. The summed E-state index contributed by atoms with van der Waals surface area (Å²) in [5.41, 5.74) is 0.441. The smallest absolute Gasteiger partial charge is 0.283 e. The van der Waals surface area contributed by atoms with Crippen molar-refractivity contribution < 1.29 is 14.6 Å². The average Bonchev–Trinajstić information content (AvgIpc) is 2.46. The molecule has 0 N–H and O–H groups in total. The van der Waals surface area contributed by atoms with Crippen molar-refractivity contribution >= 4 is 27.3 Å². The number of rotatable bonds is 5. The highest BCUT2D eigenvalue weighted by atomic mass is 79.9. The molecule has 0 aliphatic heterocycles. The second kappa shape index (κ2) is 6.31. The predicted octanol–water partition coefficient (Wildman–Crippen LogP) is 3.84. The van der Waals surface area contributed by atoms with Gasteiger partial charge in [0.15, 0.2) is 0 Å². The first-order valence-electron chi connectivity index (χ1n) is 5.78. The predicted molar refractivity (Wildman–Crippen MR) is 78.2 cm³/mol. The molecule has 108 valence electrons. The molecule has 0 bridgehead atoms. The summed E-state index contributed by atoms with van der Waals surface area (Å²) in [7, 11) is 0. The second-order valence-corrected chi connectivity index (χ2v) is 4.84. The lowest BCUT2D eigenvalue weighted by Gasteiger charge is -2.08. The van der Waals surface area contributed by atoms with Crippen molar-refractivity contribution in [2.24, 2.45) is 0 Å². The zero-order valence-electron chi connectivity index (χ0n) is 10.6. The average molecular weight is 353 g/mol. The maximum atomic E-state index is 10.8. The van der Waals surface area contributed by atoms with Crippen LogP contribution in [0.25, 0.3) is 0 Å². The largest absolute Gasteiger partial charge is 0.489 e. The molecule has 21 heavy (non-hydrogen) atoms. The molecule has 0 saturated carbocycles. The third-order valence-corrected chi connectivity index (χ3v) is 3.59. The van der Waals surface area contributed by atoms with E-state index in [1.54, 1.807) is 18.2 Å². The first-order chi connectivity index (χ1) is 9.99. The van der Waals surface area contributed by atoms with Gasteiger partial charge >= 0.3 is 0 Å². The lowest BCUT2D eigenvalue weighted by atomic mass is 10.2. The van der Waals surface area contributed by atoms with Crippen molar-refractivity contribution in [3.63, 3.8) is 0 Å². The Morgan fingerprint density at radius 1 is 1.05 bits per heavy atom.